The summed E-state index contributed by atoms with van der Waals surface area (Å²) in [5.41, 5.74) is 2.87. The molecule has 2 aliphatic rings. The molecule has 1 saturated heterocycles. The fraction of sp³-hybridized carbons (Fsp3) is 0.440. The number of H-pyrrole nitrogens is 1. The van der Waals surface area contributed by atoms with E-state index in [-0.39, 0.29) is 25.6 Å². The zero-order valence-electron chi connectivity index (χ0n) is 20.1. The molecule has 0 bridgehead atoms. The van der Waals surface area contributed by atoms with Gasteiger partial charge in [0.25, 0.3) is 5.91 Å². The molecule has 1 aliphatic heterocycles. The summed E-state index contributed by atoms with van der Waals surface area (Å²) in [6.45, 7) is 2.45. The minimum atomic E-state index is -0.907. The molecule has 3 N–H and O–H groups in total. The minimum absolute atomic E-state index is 0.0929. The lowest BCUT2D eigenvalue weighted by atomic mass is 10.1. The molecule has 3 aromatic rings. The first-order valence-corrected chi connectivity index (χ1v) is 11.9. The van der Waals surface area contributed by atoms with E-state index in [9.17, 15) is 19.1 Å². The molecule has 3 heterocycles. The van der Waals surface area contributed by atoms with Crippen molar-refractivity contribution < 1.29 is 28.6 Å². The van der Waals surface area contributed by atoms with Gasteiger partial charge in [-0.1, -0.05) is 0 Å². The van der Waals surface area contributed by atoms with Crippen molar-refractivity contribution in [3.8, 4) is 17.0 Å². The summed E-state index contributed by atoms with van der Waals surface area (Å²) in [6.07, 6.45) is 2.65. The maximum Gasteiger partial charge on any atom is 0.255 e. The second-order valence-corrected chi connectivity index (χ2v) is 9.34. The Kier molecular flexibility index (Phi) is 6.59. The van der Waals surface area contributed by atoms with Gasteiger partial charge in [0.1, 0.15) is 35.7 Å². The zero-order valence-corrected chi connectivity index (χ0v) is 20.1. The predicted octanol–water partition coefficient (Wildman–Crippen LogP) is 1.81. The van der Waals surface area contributed by atoms with Crippen LogP contribution in [0.25, 0.3) is 22.3 Å². The van der Waals surface area contributed by atoms with E-state index in [2.05, 4.69) is 20.3 Å². The van der Waals surface area contributed by atoms with Crippen LogP contribution in [0.15, 0.2) is 24.5 Å². The number of halogens is 1. The molecule has 2 fully saturated rings. The van der Waals surface area contributed by atoms with Crippen LogP contribution < -0.4 is 10.1 Å². The van der Waals surface area contributed by atoms with Gasteiger partial charge in [-0.25, -0.2) is 14.4 Å². The number of nitrogens with one attached hydrogen (secondary N) is 2. The number of carbonyl (C=O) groups excluding carboxylic acids is 2. The number of β-amino-alcohol motifs (C(OH)–C–C–N with tert-alkyl or cyclic N) is 1. The van der Waals surface area contributed by atoms with E-state index in [4.69, 9.17) is 9.47 Å². The molecule has 2 aromatic heterocycles. The molecule has 0 radical (unpaired) electrons. The van der Waals surface area contributed by atoms with Crippen LogP contribution in [0.1, 0.15) is 28.9 Å². The number of aromatic nitrogens is 3. The van der Waals surface area contributed by atoms with Gasteiger partial charge >= 0.3 is 0 Å². The van der Waals surface area contributed by atoms with Crippen molar-refractivity contribution in [1.82, 2.24) is 25.2 Å². The van der Waals surface area contributed by atoms with Crippen molar-refractivity contribution in [2.75, 3.05) is 33.4 Å². The average molecular weight is 498 g/mol. The van der Waals surface area contributed by atoms with Gasteiger partial charge in [0, 0.05) is 37.5 Å². The van der Waals surface area contributed by atoms with Crippen molar-refractivity contribution in [1.29, 1.82) is 0 Å². The predicted molar refractivity (Wildman–Crippen MR) is 128 cm³/mol. The van der Waals surface area contributed by atoms with Gasteiger partial charge in [0.2, 0.25) is 5.91 Å². The van der Waals surface area contributed by atoms with Crippen LogP contribution in [-0.4, -0.2) is 82.3 Å². The third kappa shape index (κ3) is 4.76. The highest BCUT2D eigenvalue weighted by Crippen LogP contribution is 2.36. The minimum Gasteiger partial charge on any atom is -0.492 e. The Morgan fingerprint density at radius 3 is 2.83 bits per heavy atom. The number of aryl methyl sites for hydroxylation is 1. The molecule has 1 saturated carbocycles. The maximum atomic E-state index is 14.0. The number of aliphatic hydroxyl groups is 1. The van der Waals surface area contributed by atoms with Gasteiger partial charge in [-0.3, -0.25) is 9.59 Å². The summed E-state index contributed by atoms with van der Waals surface area (Å²) in [5.74, 6) is -0.229. The number of ether oxygens (including phenoxy) is 2. The number of benzene rings is 1. The first kappa shape index (κ1) is 24.1. The Morgan fingerprint density at radius 2 is 2.08 bits per heavy atom. The molecule has 36 heavy (non-hydrogen) atoms. The molecule has 0 unspecified atom stereocenters. The van der Waals surface area contributed by atoms with Crippen molar-refractivity contribution in [2.45, 2.75) is 31.9 Å². The number of hydrogen-bond donors (Lipinski definition) is 3. The van der Waals surface area contributed by atoms with Crippen LogP contribution in [0, 0.1) is 18.7 Å². The van der Waals surface area contributed by atoms with Gasteiger partial charge < -0.3 is 29.8 Å². The quantitative estimate of drug-likeness (QED) is 0.433. The number of fused-ring (bicyclic) bond motifs is 1. The molecule has 2 amide bonds. The number of amides is 2. The average Bonchev–Trinajstić information content (AvgIpc) is 3.51. The Balaban J connectivity index is 1.43. The van der Waals surface area contributed by atoms with Gasteiger partial charge in [0.15, 0.2) is 0 Å². The van der Waals surface area contributed by atoms with Gasteiger partial charge in [-0.05, 0) is 37.8 Å². The largest absolute Gasteiger partial charge is 0.492 e. The number of carbonyl (C=O) groups is 2. The Labute approximate surface area is 206 Å². The molecule has 10 nitrogen and oxygen atoms in total. The number of aliphatic hydroxyl groups excluding tert-OH is 1. The third-order valence-corrected chi connectivity index (χ3v) is 6.59. The van der Waals surface area contributed by atoms with E-state index < -0.39 is 23.9 Å². The van der Waals surface area contributed by atoms with Crippen molar-refractivity contribution in [3.63, 3.8) is 0 Å². The zero-order chi connectivity index (χ0) is 25.4. The standard InChI is InChI=1S/C25H28FN5O5/c1-13-21(25(34)30-17-8-31(9-18(17)32)20(33)11-35-2)23-24(29-13)22(27-12-28-23)16-6-5-15(26)7-19(16)36-10-14-3-4-14/h5-7,12,14,17-18,29,32H,3-4,8-11H2,1-2H3,(H,30,34)/t17-,18-/m1/s1. The molecule has 1 aliphatic carbocycles. The molecule has 190 valence electrons. The smallest absolute Gasteiger partial charge is 0.255 e. The Hall–Kier alpha value is -3.57. The first-order chi connectivity index (χ1) is 17.4. The second kappa shape index (κ2) is 9.82. The number of aromatic amines is 1. The summed E-state index contributed by atoms with van der Waals surface area (Å²) in [7, 11) is 1.42. The van der Waals surface area contributed by atoms with Crippen molar-refractivity contribution in [3.05, 3.63) is 41.6 Å². The number of rotatable bonds is 8. The number of nitrogens with zero attached hydrogens (tertiary/aromatic N) is 3. The van der Waals surface area contributed by atoms with Crippen LogP contribution in [0.3, 0.4) is 0 Å². The van der Waals surface area contributed by atoms with E-state index in [1.807, 2.05) is 0 Å². The Morgan fingerprint density at radius 1 is 1.28 bits per heavy atom. The normalized spacial score (nSPS) is 19.6. The lowest BCUT2D eigenvalue weighted by Gasteiger charge is -2.16. The lowest BCUT2D eigenvalue weighted by Crippen LogP contribution is -2.43. The lowest BCUT2D eigenvalue weighted by molar-refractivity contribution is -0.134. The second-order valence-electron chi connectivity index (χ2n) is 9.34. The van der Waals surface area contributed by atoms with Crippen LogP contribution in [0.4, 0.5) is 4.39 Å². The third-order valence-electron chi connectivity index (χ3n) is 6.59. The molecule has 11 heteroatoms. The van der Waals surface area contributed by atoms with E-state index in [1.54, 1.807) is 13.0 Å². The number of hydrogen-bond acceptors (Lipinski definition) is 7. The summed E-state index contributed by atoms with van der Waals surface area (Å²) in [6, 6.07) is 3.65. The molecule has 0 spiro atoms. The Bertz CT molecular complexity index is 1310. The fourth-order valence-electron chi connectivity index (χ4n) is 4.49. The van der Waals surface area contributed by atoms with Crippen LogP contribution >= 0.6 is 0 Å². The maximum absolute atomic E-state index is 14.0. The van der Waals surface area contributed by atoms with Crippen LogP contribution in [0.2, 0.25) is 0 Å². The van der Waals surface area contributed by atoms with E-state index in [0.29, 0.717) is 51.8 Å². The summed E-state index contributed by atoms with van der Waals surface area (Å²) < 4.78 is 24.8. The van der Waals surface area contributed by atoms with Crippen molar-refractivity contribution >= 4 is 22.8 Å². The molecular weight excluding hydrogens is 469 g/mol. The van der Waals surface area contributed by atoms with E-state index >= 15 is 0 Å². The summed E-state index contributed by atoms with van der Waals surface area (Å²) >= 11 is 0. The highest BCUT2D eigenvalue weighted by atomic mass is 19.1. The SMILES string of the molecule is COCC(=O)N1C[C@@H](O)[C@H](NC(=O)c2c(C)[nH]c3c(-c4ccc(F)cc4OCC4CC4)ncnc23)C1. The molecule has 5 rings (SSSR count). The fourth-order valence-corrected chi connectivity index (χ4v) is 4.49. The van der Waals surface area contributed by atoms with Gasteiger partial charge in [-0.2, -0.15) is 0 Å². The van der Waals surface area contributed by atoms with Gasteiger partial charge in [0.05, 0.1) is 29.8 Å². The van der Waals surface area contributed by atoms with Crippen LogP contribution in [-0.2, 0) is 9.53 Å². The summed E-state index contributed by atoms with van der Waals surface area (Å²) in [5, 5.41) is 13.2. The number of methoxy groups -OCH3 is 1. The molecule has 1 aromatic carbocycles. The molecular formula is C25H28FN5O5. The topological polar surface area (TPSA) is 130 Å². The van der Waals surface area contributed by atoms with Crippen LogP contribution in [0.5, 0.6) is 5.75 Å². The monoisotopic (exact) mass is 497 g/mol. The first-order valence-electron chi connectivity index (χ1n) is 11.9. The highest BCUT2D eigenvalue weighted by Gasteiger charge is 2.36. The van der Waals surface area contributed by atoms with E-state index in [1.165, 1.54) is 30.5 Å². The van der Waals surface area contributed by atoms with E-state index in [0.717, 1.165) is 12.8 Å². The number of likely N-dealkylation sites (tertiary alicyclic amines) is 1. The summed E-state index contributed by atoms with van der Waals surface area (Å²) in [4.78, 5) is 38.8. The highest BCUT2D eigenvalue weighted by molar-refractivity contribution is 6.09. The van der Waals surface area contributed by atoms with Crippen molar-refractivity contribution in [2.24, 2.45) is 5.92 Å². The van der Waals surface area contributed by atoms with Gasteiger partial charge in [-0.15, -0.1) is 0 Å². The molecule has 2 atom stereocenters.